The maximum Gasteiger partial charge on any atom is 0.274 e. The maximum absolute atomic E-state index is 13.9. The number of pyridine rings is 1. The molecule has 1 aliphatic rings. The van der Waals surface area contributed by atoms with Gasteiger partial charge in [-0.25, -0.2) is 12.8 Å². The Morgan fingerprint density at radius 1 is 0.971 bits per heavy atom. The lowest BCUT2D eigenvalue weighted by atomic mass is 9.97. The Balaban J connectivity index is 1.41. The molecule has 2 N–H and O–H groups in total. The van der Waals surface area contributed by atoms with Gasteiger partial charge in [0, 0.05) is 25.2 Å². The molecule has 182 valence electrons. The summed E-state index contributed by atoms with van der Waals surface area (Å²) in [5.74, 6) is -1.89. The highest BCUT2D eigenvalue weighted by molar-refractivity contribution is 7.89. The summed E-state index contributed by atoms with van der Waals surface area (Å²) >= 11 is 0. The molecule has 8 nitrogen and oxygen atoms in total. The Kier molecular flexibility index (Phi) is 7.23. The molecule has 2 amide bonds. The van der Waals surface area contributed by atoms with Gasteiger partial charge in [-0.3, -0.25) is 14.6 Å². The molecule has 0 spiro atoms. The number of hydrogen-bond donors (Lipinski definition) is 2. The highest BCUT2D eigenvalue weighted by Crippen LogP contribution is 2.28. The van der Waals surface area contributed by atoms with Gasteiger partial charge in [0.1, 0.15) is 11.5 Å². The molecule has 1 saturated heterocycles. The molecule has 1 aromatic heterocycles. The van der Waals surface area contributed by atoms with E-state index in [1.807, 2.05) is 6.92 Å². The molecule has 35 heavy (non-hydrogen) atoms. The second kappa shape index (κ2) is 10.3. The minimum atomic E-state index is -3.64. The van der Waals surface area contributed by atoms with E-state index in [1.165, 1.54) is 28.7 Å². The summed E-state index contributed by atoms with van der Waals surface area (Å²) in [6, 6.07) is 15.2. The minimum Gasteiger partial charge on any atom is -0.324 e. The highest BCUT2D eigenvalue weighted by Gasteiger charge is 2.32. The molecule has 0 bridgehead atoms. The third-order valence-electron chi connectivity index (χ3n) is 5.87. The highest BCUT2D eigenvalue weighted by atomic mass is 32.2. The standard InChI is InChI=1S/C25H25FN4O4S/c1-17-5-8-20(9-6-17)35(33,34)30-14-11-18(12-15-30)24(31)29-23-16-19(26)7-10-21(23)28-25(32)22-4-2-3-13-27-22/h2-10,13,16,18H,11-12,14-15H2,1H3,(H,28,32)(H,29,31). The summed E-state index contributed by atoms with van der Waals surface area (Å²) in [5.41, 5.74) is 1.49. The van der Waals surface area contributed by atoms with Crippen LogP contribution in [0.15, 0.2) is 71.8 Å². The first kappa shape index (κ1) is 24.5. The number of aryl methyl sites for hydroxylation is 1. The van der Waals surface area contributed by atoms with E-state index >= 15 is 0 Å². The van der Waals surface area contributed by atoms with E-state index in [2.05, 4.69) is 15.6 Å². The predicted octanol–water partition coefficient (Wildman–Crippen LogP) is 3.82. The number of amides is 2. The monoisotopic (exact) mass is 496 g/mol. The van der Waals surface area contributed by atoms with E-state index in [4.69, 9.17) is 0 Å². The zero-order chi connectivity index (χ0) is 25.0. The Bertz CT molecular complexity index is 1320. The average Bonchev–Trinajstić information content (AvgIpc) is 2.86. The molecule has 1 fully saturated rings. The van der Waals surface area contributed by atoms with Crippen molar-refractivity contribution in [1.82, 2.24) is 9.29 Å². The van der Waals surface area contributed by atoms with Crippen molar-refractivity contribution in [1.29, 1.82) is 0 Å². The van der Waals surface area contributed by atoms with Crippen molar-refractivity contribution in [3.05, 3.63) is 83.9 Å². The third kappa shape index (κ3) is 5.72. The molecule has 2 aromatic carbocycles. The van der Waals surface area contributed by atoms with E-state index in [9.17, 15) is 22.4 Å². The Morgan fingerprint density at radius 3 is 2.34 bits per heavy atom. The van der Waals surface area contributed by atoms with E-state index in [0.717, 1.165) is 11.6 Å². The largest absolute Gasteiger partial charge is 0.324 e. The van der Waals surface area contributed by atoms with Crippen LogP contribution in [-0.2, 0) is 14.8 Å². The van der Waals surface area contributed by atoms with Crippen molar-refractivity contribution in [2.24, 2.45) is 5.92 Å². The van der Waals surface area contributed by atoms with Gasteiger partial charge < -0.3 is 10.6 Å². The van der Waals surface area contributed by atoms with Crippen LogP contribution in [0.4, 0.5) is 15.8 Å². The molecule has 4 rings (SSSR count). The molecule has 0 saturated carbocycles. The number of hydrogen-bond acceptors (Lipinski definition) is 5. The van der Waals surface area contributed by atoms with Crippen LogP contribution in [0, 0.1) is 18.7 Å². The van der Waals surface area contributed by atoms with Crippen LogP contribution in [0.2, 0.25) is 0 Å². The lowest BCUT2D eigenvalue weighted by Crippen LogP contribution is -2.41. The topological polar surface area (TPSA) is 108 Å². The minimum absolute atomic E-state index is 0.119. The summed E-state index contributed by atoms with van der Waals surface area (Å²) in [6.45, 7) is 2.27. The second-order valence-electron chi connectivity index (χ2n) is 8.34. The summed E-state index contributed by atoms with van der Waals surface area (Å²) < 4.78 is 41.1. The molecule has 0 radical (unpaired) electrons. The van der Waals surface area contributed by atoms with Gasteiger partial charge in [-0.2, -0.15) is 4.31 Å². The van der Waals surface area contributed by atoms with Gasteiger partial charge in [-0.15, -0.1) is 0 Å². The molecular weight excluding hydrogens is 471 g/mol. The van der Waals surface area contributed by atoms with Crippen molar-refractivity contribution in [2.75, 3.05) is 23.7 Å². The first-order valence-corrected chi connectivity index (χ1v) is 12.6. The van der Waals surface area contributed by atoms with Crippen LogP contribution < -0.4 is 10.6 Å². The molecule has 3 aromatic rings. The number of halogens is 1. The van der Waals surface area contributed by atoms with Gasteiger partial charge in [0.2, 0.25) is 15.9 Å². The number of nitrogens with one attached hydrogen (secondary N) is 2. The number of sulfonamides is 1. The fourth-order valence-corrected chi connectivity index (χ4v) is 5.33. The lowest BCUT2D eigenvalue weighted by molar-refractivity contribution is -0.120. The number of aromatic nitrogens is 1. The smallest absolute Gasteiger partial charge is 0.274 e. The van der Waals surface area contributed by atoms with Gasteiger partial charge in [0.05, 0.1) is 16.3 Å². The van der Waals surface area contributed by atoms with E-state index in [1.54, 1.807) is 36.4 Å². The van der Waals surface area contributed by atoms with Gasteiger partial charge in [-0.05, 0) is 62.2 Å². The first-order chi connectivity index (χ1) is 16.7. The first-order valence-electron chi connectivity index (χ1n) is 11.1. The van der Waals surface area contributed by atoms with Crippen LogP contribution in [-0.4, -0.2) is 42.6 Å². The number of benzene rings is 2. The predicted molar refractivity (Wildman–Crippen MR) is 130 cm³/mol. The van der Waals surface area contributed by atoms with Crippen LogP contribution in [0.5, 0.6) is 0 Å². The van der Waals surface area contributed by atoms with Gasteiger partial charge in [-0.1, -0.05) is 23.8 Å². The molecule has 2 heterocycles. The fourth-order valence-electron chi connectivity index (χ4n) is 3.86. The summed E-state index contributed by atoms with van der Waals surface area (Å²) in [5, 5.41) is 5.33. The Morgan fingerprint density at radius 2 is 1.69 bits per heavy atom. The van der Waals surface area contributed by atoms with Crippen molar-refractivity contribution in [2.45, 2.75) is 24.7 Å². The second-order valence-corrected chi connectivity index (χ2v) is 10.3. The third-order valence-corrected chi connectivity index (χ3v) is 7.78. The Labute approximate surface area is 203 Å². The summed E-state index contributed by atoms with van der Waals surface area (Å²) in [7, 11) is -3.64. The number of carbonyl (C=O) groups is 2. The quantitative estimate of drug-likeness (QED) is 0.539. The normalized spacial score (nSPS) is 14.9. The fraction of sp³-hybridized carbons (Fsp3) is 0.240. The van der Waals surface area contributed by atoms with E-state index in [-0.39, 0.29) is 41.0 Å². The molecule has 1 aliphatic heterocycles. The van der Waals surface area contributed by atoms with Crippen molar-refractivity contribution >= 4 is 33.2 Å². The molecule has 0 aliphatic carbocycles. The number of anilines is 2. The van der Waals surface area contributed by atoms with Crippen LogP contribution in [0.3, 0.4) is 0 Å². The van der Waals surface area contributed by atoms with Crippen LogP contribution in [0.25, 0.3) is 0 Å². The molecule has 10 heteroatoms. The van der Waals surface area contributed by atoms with Crippen molar-refractivity contribution in [3.8, 4) is 0 Å². The summed E-state index contributed by atoms with van der Waals surface area (Å²) in [4.78, 5) is 29.6. The molecule has 0 atom stereocenters. The number of nitrogens with zero attached hydrogens (tertiary/aromatic N) is 2. The Hall–Kier alpha value is -3.63. The van der Waals surface area contributed by atoms with Crippen molar-refractivity contribution in [3.63, 3.8) is 0 Å². The van der Waals surface area contributed by atoms with Crippen LogP contribution in [0.1, 0.15) is 28.9 Å². The zero-order valence-corrected chi connectivity index (χ0v) is 19.9. The molecular formula is C25H25FN4O4S. The van der Waals surface area contributed by atoms with E-state index in [0.29, 0.717) is 12.8 Å². The van der Waals surface area contributed by atoms with Crippen LogP contribution >= 0.6 is 0 Å². The summed E-state index contributed by atoms with van der Waals surface area (Å²) in [6.07, 6.45) is 2.12. The number of rotatable bonds is 6. The maximum atomic E-state index is 13.9. The van der Waals surface area contributed by atoms with Gasteiger partial charge in [0.15, 0.2) is 0 Å². The number of carbonyl (C=O) groups excluding carboxylic acids is 2. The van der Waals surface area contributed by atoms with Crippen molar-refractivity contribution < 1.29 is 22.4 Å². The molecule has 0 unspecified atom stereocenters. The van der Waals surface area contributed by atoms with Gasteiger partial charge in [0.25, 0.3) is 5.91 Å². The van der Waals surface area contributed by atoms with Gasteiger partial charge >= 0.3 is 0 Å². The van der Waals surface area contributed by atoms with E-state index < -0.39 is 27.7 Å². The number of piperidine rings is 1. The zero-order valence-electron chi connectivity index (χ0n) is 19.1. The average molecular weight is 497 g/mol. The SMILES string of the molecule is Cc1ccc(S(=O)(=O)N2CCC(C(=O)Nc3cc(F)ccc3NC(=O)c3ccccn3)CC2)cc1. The lowest BCUT2D eigenvalue weighted by Gasteiger charge is -2.30.